The number of rotatable bonds is 8. The zero-order valence-corrected chi connectivity index (χ0v) is 28.8. The van der Waals surface area contributed by atoms with Crippen LogP contribution < -0.4 is 10.6 Å². The fourth-order valence-electron chi connectivity index (χ4n) is 7.07. The van der Waals surface area contributed by atoms with Crippen molar-refractivity contribution in [3.05, 3.63) is 139 Å². The van der Waals surface area contributed by atoms with Gasteiger partial charge in [-0.2, -0.15) is 0 Å². The standard InChI is InChI=1S/C41H38N2O2S2/c1-24(30-18-9-14-28-12-5-7-16-32(28)30)42-40(44)38-22-36(26(3)46-38)34-20-11-21-35(34)37-23-39(47-27(37)4)41(45)43-25(2)31-19-10-15-29-13-6-8-17-33(29)31/h5-10,12-19,22-25H,11,20-21H2,1-4H3,(H,42,44)(H,43,45)/t24-,25-/m1/s1. The van der Waals surface area contributed by atoms with Gasteiger partial charge < -0.3 is 10.6 Å². The van der Waals surface area contributed by atoms with Crippen molar-refractivity contribution in [2.45, 2.75) is 59.0 Å². The quantitative estimate of drug-likeness (QED) is 0.172. The molecule has 0 saturated heterocycles. The molecular weight excluding hydrogens is 617 g/mol. The fraction of sp³-hybridized carbons (Fsp3) is 0.220. The number of allylic oxidation sites excluding steroid dienone is 2. The van der Waals surface area contributed by atoms with Gasteiger partial charge >= 0.3 is 0 Å². The summed E-state index contributed by atoms with van der Waals surface area (Å²) in [6.07, 6.45) is 3.00. The molecule has 236 valence electrons. The first kappa shape index (κ1) is 31.1. The van der Waals surface area contributed by atoms with Crippen molar-refractivity contribution in [2.24, 2.45) is 0 Å². The Morgan fingerprint density at radius 3 is 1.45 bits per heavy atom. The highest BCUT2D eigenvalue weighted by atomic mass is 32.1. The van der Waals surface area contributed by atoms with E-state index in [2.05, 4.69) is 111 Å². The van der Waals surface area contributed by atoms with Crippen LogP contribution in [0, 0.1) is 13.8 Å². The first-order chi connectivity index (χ1) is 22.8. The molecule has 0 fully saturated rings. The summed E-state index contributed by atoms with van der Waals surface area (Å²) in [5.74, 6) is -0.0909. The maximum atomic E-state index is 13.5. The van der Waals surface area contributed by atoms with Crippen molar-refractivity contribution < 1.29 is 9.59 Å². The molecule has 0 saturated carbocycles. The average Bonchev–Trinajstić information content (AvgIpc) is 3.82. The van der Waals surface area contributed by atoms with E-state index in [1.165, 1.54) is 21.9 Å². The lowest BCUT2D eigenvalue weighted by Gasteiger charge is -2.16. The first-order valence-corrected chi connectivity index (χ1v) is 17.9. The van der Waals surface area contributed by atoms with Gasteiger partial charge in [0.15, 0.2) is 0 Å². The molecule has 4 aromatic carbocycles. The molecule has 0 bridgehead atoms. The monoisotopic (exact) mass is 654 g/mol. The molecule has 2 N–H and O–H groups in total. The summed E-state index contributed by atoms with van der Waals surface area (Å²) < 4.78 is 0. The minimum Gasteiger partial charge on any atom is -0.345 e. The number of thiophene rings is 2. The molecule has 0 spiro atoms. The van der Waals surface area contributed by atoms with Crippen LogP contribution in [0.3, 0.4) is 0 Å². The van der Waals surface area contributed by atoms with Crippen LogP contribution in [-0.2, 0) is 0 Å². The number of hydrogen-bond acceptors (Lipinski definition) is 4. The predicted molar refractivity (Wildman–Crippen MR) is 198 cm³/mol. The number of amides is 2. The highest BCUT2D eigenvalue weighted by molar-refractivity contribution is 7.14. The Labute approximate surface area is 284 Å². The Morgan fingerprint density at radius 2 is 1.00 bits per heavy atom. The number of hydrogen-bond donors (Lipinski definition) is 2. The van der Waals surface area contributed by atoms with Crippen molar-refractivity contribution >= 4 is 67.2 Å². The van der Waals surface area contributed by atoms with Crippen LogP contribution in [0.15, 0.2) is 97.1 Å². The largest absolute Gasteiger partial charge is 0.345 e. The molecule has 6 aromatic rings. The maximum Gasteiger partial charge on any atom is 0.261 e. The van der Waals surface area contributed by atoms with Crippen LogP contribution in [-0.4, -0.2) is 11.8 Å². The van der Waals surface area contributed by atoms with Crippen molar-refractivity contribution in [3.8, 4) is 0 Å². The number of carbonyl (C=O) groups is 2. The molecule has 0 aliphatic heterocycles. The molecule has 2 heterocycles. The lowest BCUT2D eigenvalue weighted by molar-refractivity contribution is 0.0935. The number of nitrogens with one attached hydrogen (secondary N) is 2. The minimum atomic E-state index is -0.123. The molecular formula is C41H38N2O2S2. The zero-order chi connectivity index (χ0) is 32.7. The van der Waals surface area contributed by atoms with Gasteiger partial charge in [0, 0.05) is 9.75 Å². The SMILES string of the molecule is Cc1sc(C(=O)N[C@H](C)c2cccc3ccccc23)cc1C1=C(c2cc(C(=O)N[C@H](C)c3cccc4ccccc34)sc2C)CCC1. The van der Waals surface area contributed by atoms with E-state index in [1.54, 1.807) is 22.7 Å². The Morgan fingerprint density at radius 1 is 0.596 bits per heavy atom. The van der Waals surface area contributed by atoms with Gasteiger partial charge in [0.05, 0.1) is 21.8 Å². The predicted octanol–water partition coefficient (Wildman–Crippen LogP) is 10.8. The van der Waals surface area contributed by atoms with E-state index < -0.39 is 0 Å². The highest BCUT2D eigenvalue weighted by Gasteiger charge is 2.26. The summed E-state index contributed by atoms with van der Waals surface area (Å²) in [5, 5.41) is 11.2. The van der Waals surface area contributed by atoms with E-state index in [4.69, 9.17) is 0 Å². The van der Waals surface area contributed by atoms with Gasteiger partial charge in [-0.05, 0) is 114 Å². The number of benzene rings is 4. The number of aryl methyl sites for hydroxylation is 2. The van der Waals surface area contributed by atoms with Crippen LogP contribution in [0.4, 0.5) is 0 Å². The van der Waals surface area contributed by atoms with Gasteiger partial charge in [0.25, 0.3) is 11.8 Å². The molecule has 47 heavy (non-hydrogen) atoms. The van der Waals surface area contributed by atoms with Crippen molar-refractivity contribution in [1.29, 1.82) is 0 Å². The lowest BCUT2D eigenvalue weighted by Crippen LogP contribution is -2.26. The van der Waals surface area contributed by atoms with Crippen LogP contribution in [0.1, 0.15) is 96.5 Å². The van der Waals surface area contributed by atoms with Crippen LogP contribution in [0.5, 0.6) is 0 Å². The van der Waals surface area contributed by atoms with E-state index in [1.807, 2.05) is 24.3 Å². The normalized spacial score (nSPS) is 14.5. The van der Waals surface area contributed by atoms with E-state index in [0.717, 1.165) is 71.8 Å². The summed E-state index contributed by atoms with van der Waals surface area (Å²) in [6, 6.07) is 33.0. The van der Waals surface area contributed by atoms with Gasteiger partial charge in [-0.3, -0.25) is 9.59 Å². The lowest BCUT2D eigenvalue weighted by atomic mass is 9.97. The molecule has 2 aromatic heterocycles. The second-order valence-corrected chi connectivity index (χ2v) is 15.0. The summed E-state index contributed by atoms with van der Waals surface area (Å²) in [5.41, 5.74) is 7.15. The third-order valence-corrected chi connectivity index (χ3v) is 11.5. The van der Waals surface area contributed by atoms with Gasteiger partial charge in [-0.15, -0.1) is 22.7 Å². The van der Waals surface area contributed by atoms with Gasteiger partial charge in [0.2, 0.25) is 0 Å². The molecule has 2 atom stereocenters. The van der Waals surface area contributed by atoms with E-state index in [9.17, 15) is 9.59 Å². The topological polar surface area (TPSA) is 58.2 Å². The number of fused-ring (bicyclic) bond motifs is 2. The van der Waals surface area contributed by atoms with Gasteiger partial charge in [0.1, 0.15) is 0 Å². The molecule has 6 heteroatoms. The van der Waals surface area contributed by atoms with Gasteiger partial charge in [-0.1, -0.05) is 84.9 Å². The van der Waals surface area contributed by atoms with E-state index in [-0.39, 0.29) is 23.9 Å². The van der Waals surface area contributed by atoms with Crippen molar-refractivity contribution in [3.63, 3.8) is 0 Å². The third kappa shape index (κ3) is 6.04. The van der Waals surface area contributed by atoms with Crippen LogP contribution in [0.2, 0.25) is 0 Å². The van der Waals surface area contributed by atoms with Crippen LogP contribution >= 0.6 is 22.7 Å². The molecule has 2 amide bonds. The summed E-state index contributed by atoms with van der Waals surface area (Å²) in [6.45, 7) is 8.33. The smallest absolute Gasteiger partial charge is 0.261 e. The average molecular weight is 655 g/mol. The zero-order valence-electron chi connectivity index (χ0n) is 27.1. The van der Waals surface area contributed by atoms with Gasteiger partial charge in [-0.25, -0.2) is 0 Å². The fourth-order valence-corrected chi connectivity index (χ4v) is 8.97. The summed E-state index contributed by atoms with van der Waals surface area (Å²) >= 11 is 3.12. The van der Waals surface area contributed by atoms with Crippen molar-refractivity contribution in [2.75, 3.05) is 0 Å². The molecule has 1 aliphatic rings. The summed E-state index contributed by atoms with van der Waals surface area (Å²) in [7, 11) is 0. The minimum absolute atomic E-state index is 0.0454. The van der Waals surface area contributed by atoms with E-state index in [0.29, 0.717) is 0 Å². The Balaban J connectivity index is 1.11. The third-order valence-electron chi connectivity index (χ3n) is 9.43. The second kappa shape index (κ2) is 12.9. The van der Waals surface area contributed by atoms with Crippen LogP contribution in [0.25, 0.3) is 32.7 Å². The molecule has 1 aliphatic carbocycles. The Hall–Kier alpha value is -4.52. The summed E-state index contributed by atoms with van der Waals surface area (Å²) in [4.78, 5) is 30.8. The molecule has 0 unspecified atom stereocenters. The Kier molecular flexibility index (Phi) is 8.56. The van der Waals surface area contributed by atoms with E-state index >= 15 is 0 Å². The molecule has 7 rings (SSSR count). The number of carbonyl (C=O) groups excluding carboxylic acids is 2. The first-order valence-electron chi connectivity index (χ1n) is 16.3. The Bertz CT molecular complexity index is 2020. The molecule has 0 radical (unpaired) electrons. The second-order valence-electron chi connectivity index (χ2n) is 12.5. The maximum absolute atomic E-state index is 13.5. The highest BCUT2D eigenvalue weighted by Crippen LogP contribution is 2.45. The van der Waals surface area contributed by atoms with Crippen molar-refractivity contribution in [1.82, 2.24) is 10.6 Å². The molecule has 4 nitrogen and oxygen atoms in total.